The summed E-state index contributed by atoms with van der Waals surface area (Å²) in [5, 5.41) is 3.04. The van der Waals surface area contributed by atoms with E-state index in [1.54, 1.807) is 7.11 Å². The third-order valence-electron chi connectivity index (χ3n) is 6.35. The summed E-state index contributed by atoms with van der Waals surface area (Å²) in [4.78, 5) is 14.8. The van der Waals surface area contributed by atoms with Crippen molar-refractivity contribution in [1.29, 1.82) is 0 Å². The van der Waals surface area contributed by atoms with Crippen LogP contribution in [0.5, 0.6) is 5.75 Å². The fourth-order valence-electron chi connectivity index (χ4n) is 4.49. The van der Waals surface area contributed by atoms with Gasteiger partial charge in [0, 0.05) is 31.2 Å². The van der Waals surface area contributed by atoms with Crippen LogP contribution in [0.1, 0.15) is 29.5 Å². The zero-order valence-corrected chi connectivity index (χ0v) is 19.6. The van der Waals surface area contributed by atoms with Gasteiger partial charge in [-0.25, -0.2) is 0 Å². The molecule has 1 heterocycles. The highest BCUT2D eigenvalue weighted by atomic mass is 19.4. The predicted molar refractivity (Wildman–Crippen MR) is 130 cm³/mol. The fourth-order valence-corrected chi connectivity index (χ4v) is 4.49. The van der Waals surface area contributed by atoms with Crippen LogP contribution in [-0.4, -0.2) is 37.0 Å². The zero-order chi connectivity index (χ0) is 24.8. The second-order valence-corrected chi connectivity index (χ2v) is 8.89. The highest BCUT2D eigenvalue weighted by Crippen LogP contribution is 2.31. The molecule has 3 aromatic rings. The van der Waals surface area contributed by atoms with E-state index in [1.807, 2.05) is 18.2 Å². The predicted octanol–water partition coefficient (Wildman–Crippen LogP) is 5.70. The monoisotopic (exact) mass is 482 g/mol. The molecular formula is C28H29F3N2O2. The number of benzene rings is 3. The van der Waals surface area contributed by atoms with E-state index in [9.17, 15) is 18.0 Å². The van der Waals surface area contributed by atoms with Crippen molar-refractivity contribution in [3.05, 3.63) is 89.5 Å². The molecule has 0 spiro atoms. The van der Waals surface area contributed by atoms with Gasteiger partial charge in [0.05, 0.1) is 19.1 Å². The van der Waals surface area contributed by atoms with Crippen molar-refractivity contribution in [2.45, 2.75) is 38.0 Å². The maximum atomic E-state index is 12.7. The van der Waals surface area contributed by atoms with Crippen molar-refractivity contribution in [3.63, 3.8) is 0 Å². The Morgan fingerprint density at radius 2 is 1.69 bits per heavy atom. The van der Waals surface area contributed by atoms with E-state index in [0.29, 0.717) is 5.56 Å². The summed E-state index contributed by atoms with van der Waals surface area (Å²) < 4.78 is 43.6. The van der Waals surface area contributed by atoms with Crippen molar-refractivity contribution in [1.82, 2.24) is 10.2 Å². The van der Waals surface area contributed by atoms with Crippen molar-refractivity contribution in [3.8, 4) is 16.9 Å². The molecule has 1 amide bonds. The molecule has 1 fully saturated rings. The van der Waals surface area contributed by atoms with Crippen LogP contribution in [0.2, 0.25) is 0 Å². The number of carbonyl (C=O) groups excluding carboxylic acids is 1. The number of methoxy groups -OCH3 is 1. The first kappa shape index (κ1) is 24.8. The molecule has 1 saturated heterocycles. The van der Waals surface area contributed by atoms with Crippen molar-refractivity contribution in [2.24, 2.45) is 0 Å². The van der Waals surface area contributed by atoms with E-state index in [4.69, 9.17) is 4.74 Å². The first-order valence-corrected chi connectivity index (χ1v) is 11.7. The number of hydrogen-bond donors (Lipinski definition) is 1. The molecule has 184 valence electrons. The number of carbonyl (C=O) groups is 1. The van der Waals surface area contributed by atoms with Gasteiger partial charge in [-0.1, -0.05) is 48.5 Å². The van der Waals surface area contributed by atoms with Gasteiger partial charge in [-0.3, -0.25) is 9.69 Å². The minimum absolute atomic E-state index is 0.0770. The highest BCUT2D eigenvalue weighted by molar-refractivity contribution is 5.78. The lowest BCUT2D eigenvalue weighted by Crippen LogP contribution is -2.44. The lowest BCUT2D eigenvalue weighted by molar-refractivity contribution is -0.137. The van der Waals surface area contributed by atoms with Crippen LogP contribution in [-0.2, 0) is 23.9 Å². The lowest BCUT2D eigenvalue weighted by atomic mass is 10.0. The highest BCUT2D eigenvalue weighted by Gasteiger charge is 2.30. The van der Waals surface area contributed by atoms with Crippen molar-refractivity contribution in [2.75, 3.05) is 20.2 Å². The van der Waals surface area contributed by atoms with Gasteiger partial charge >= 0.3 is 6.18 Å². The summed E-state index contributed by atoms with van der Waals surface area (Å²) in [6.07, 6.45) is -2.62. The Bertz CT molecular complexity index is 1140. The summed E-state index contributed by atoms with van der Waals surface area (Å²) in [5.74, 6) is 0.685. The van der Waals surface area contributed by atoms with Crippen LogP contribution < -0.4 is 10.1 Å². The third kappa shape index (κ3) is 6.63. The van der Waals surface area contributed by atoms with Crippen LogP contribution in [0.25, 0.3) is 11.1 Å². The van der Waals surface area contributed by atoms with E-state index < -0.39 is 11.7 Å². The second-order valence-electron chi connectivity index (χ2n) is 8.89. The Balaban J connectivity index is 1.27. The Hall–Kier alpha value is -3.32. The maximum absolute atomic E-state index is 12.7. The molecule has 1 aliphatic rings. The number of nitrogens with one attached hydrogen (secondary N) is 1. The molecule has 0 aromatic heterocycles. The van der Waals surface area contributed by atoms with Gasteiger partial charge in [-0.2, -0.15) is 13.2 Å². The van der Waals surface area contributed by atoms with Gasteiger partial charge in [0.2, 0.25) is 5.91 Å². The Labute approximate surface area is 203 Å². The number of rotatable bonds is 7. The van der Waals surface area contributed by atoms with Crippen LogP contribution in [0.3, 0.4) is 0 Å². The maximum Gasteiger partial charge on any atom is 0.416 e. The van der Waals surface area contributed by atoms with Crippen LogP contribution in [0.15, 0.2) is 72.8 Å². The number of ether oxygens (including phenoxy) is 1. The van der Waals surface area contributed by atoms with E-state index in [-0.39, 0.29) is 18.4 Å². The zero-order valence-electron chi connectivity index (χ0n) is 19.6. The van der Waals surface area contributed by atoms with Gasteiger partial charge < -0.3 is 10.1 Å². The largest absolute Gasteiger partial charge is 0.496 e. The molecule has 0 aliphatic carbocycles. The SMILES string of the molecule is COc1ccccc1-c1cccc(CN2CCC(NC(=O)Cc3ccc(C(F)(F)F)cc3)CC2)c1. The van der Waals surface area contributed by atoms with Gasteiger partial charge in [0.25, 0.3) is 0 Å². The molecule has 0 radical (unpaired) electrons. The normalized spacial score (nSPS) is 15.1. The molecule has 7 heteroatoms. The van der Waals surface area contributed by atoms with Crippen molar-refractivity contribution < 1.29 is 22.7 Å². The minimum atomic E-state index is -4.37. The Morgan fingerprint density at radius 1 is 0.971 bits per heavy atom. The minimum Gasteiger partial charge on any atom is -0.496 e. The summed E-state index contributed by atoms with van der Waals surface area (Å²) in [6, 6.07) is 21.3. The first-order valence-electron chi connectivity index (χ1n) is 11.7. The summed E-state index contributed by atoms with van der Waals surface area (Å²) in [7, 11) is 1.68. The van der Waals surface area contributed by atoms with E-state index in [1.165, 1.54) is 17.7 Å². The summed E-state index contributed by atoms with van der Waals surface area (Å²) in [6.45, 7) is 2.56. The standard InChI is InChI=1S/C28H29F3N2O2/c1-35-26-8-3-2-7-25(26)22-6-4-5-21(17-22)19-33-15-13-24(14-16-33)32-27(34)18-20-9-11-23(12-10-20)28(29,30)31/h2-12,17,24H,13-16,18-19H2,1H3,(H,32,34). The molecule has 3 aromatic carbocycles. The van der Waals surface area contributed by atoms with Gasteiger partial charge in [0.15, 0.2) is 0 Å². The number of likely N-dealkylation sites (tertiary alicyclic amines) is 1. The second kappa shape index (κ2) is 11.0. The van der Waals surface area contributed by atoms with E-state index in [0.717, 1.165) is 61.5 Å². The molecule has 35 heavy (non-hydrogen) atoms. The Kier molecular flexibility index (Phi) is 7.76. The molecule has 0 bridgehead atoms. The fraction of sp³-hybridized carbons (Fsp3) is 0.321. The molecule has 0 saturated carbocycles. The first-order chi connectivity index (χ1) is 16.8. The summed E-state index contributed by atoms with van der Waals surface area (Å²) >= 11 is 0. The quantitative estimate of drug-likeness (QED) is 0.470. The number of piperidine rings is 1. The molecule has 4 rings (SSSR count). The Morgan fingerprint density at radius 3 is 2.37 bits per heavy atom. The van der Waals surface area contributed by atoms with Gasteiger partial charge in [-0.15, -0.1) is 0 Å². The number of hydrogen-bond acceptors (Lipinski definition) is 3. The van der Waals surface area contributed by atoms with Crippen molar-refractivity contribution >= 4 is 5.91 Å². The van der Waals surface area contributed by atoms with Crippen LogP contribution >= 0.6 is 0 Å². The molecule has 0 atom stereocenters. The van der Waals surface area contributed by atoms with Crippen LogP contribution in [0.4, 0.5) is 13.2 Å². The van der Waals surface area contributed by atoms with Gasteiger partial charge in [-0.05, 0) is 53.8 Å². The number of amides is 1. The number of para-hydroxylation sites is 1. The molecule has 4 nitrogen and oxygen atoms in total. The average molecular weight is 483 g/mol. The molecule has 0 unspecified atom stereocenters. The molecule has 1 N–H and O–H groups in total. The number of nitrogens with zero attached hydrogens (tertiary/aromatic N) is 1. The number of halogens is 3. The average Bonchev–Trinajstić information content (AvgIpc) is 2.85. The van der Waals surface area contributed by atoms with E-state index in [2.05, 4.69) is 40.5 Å². The topological polar surface area (TPSA) is 41.6 Å². The van der Waals surface area contributed by atoms with Gasteiger partial charge in [0.1, 0.15) is 5.75 Å². The van der Waals surface area contributed by atoms with Crippen LogP contribution in [0, 0.1) is 0 Å². The number of alkyl halides is 3. The third-order valence-corrected chi connectivity index (χ3v) is 6.35. The lowest BCUT2D eigenvalue weighted by Gasteiger charge is -2.32. The summed E-state index contributed by atoms with van der Waals surface area (Å²) in [5.41, 5.74) is 3.26. The molecule has 1 aliphatic heterocycles. The van der Waals surface area contributed by atoms with E-state index >= 15 is 0 Å². The molecular weight excluding hydrogens is 453 g/mol. The smallest absolute Gasteiger partial charge is 0.416 e.